The number of benzene rings is 1. The first-order valence-electron chi connectivity index (χ1n) is 7.34. The van der Waals surface area contributed by atoms with Crippen LogP contribution in [0.25, 0.3) is 0 Å². The summed E-state index contributed by atoms with van der Waals surface area (Å²) in [5.74, 6) is -0.606. The van der Waals surface area contributed by atoms with Gasteiger partial charge in [-0.1, -0.05) is 38.2 Å². The number of nitrogens with one attached hydrogen (secondary N) is 1. The zero-order valence-electron chi connectivity index (χ0n) is 11.9. The number of nitrogens with zero attached hydrogens (tertiary/aromatic N) is 1. The predicted molar refractivity (Wildman–Crippen MR) is 79.7 cm³/mol. The molecule has 1 saturated carbocycles. The van der Waals surface area contributed by atoms with Gasteiger partial charge in [0.1, 0.15) is 11.3 Å². The van der Waals surface area contributed by atoms with E-state index in [-0.39, 0.29) is 16.9 Å². The van der Waals surface area contributed by atoms with Crippen LogP contribution in [-0.2, 0) is 0 Å². The lowest BCUT2D eigenvalue weighted by atomic mass is 9.87. The molecule has 6 nitrogen and oxygen atoms in total. The van der Waals surface area contributed by atoms with E-state index in [0.29, 0.717) is 12.5 Å². The minimum Gasteiger partial charge on any atom is -0.477 e. The summed E-state index contributed by atoms with van der Waals surface area (Å²) in [7, 11) is 0. The lowest BCUT2D eigenvalue weighted by Crippen LogP contribution is -2.13. The van der Waals surface area contributed by atoms with Gasteiger partial charge in [-0.2, -0.15) is 0 Å². The number of nitro groups is 1. The zero-order chi connectivity index (χ0) is 15.2. The third-order valence-electron chi connectivity index (χ3n) is 4.04. The Balaban J connectivity index is 2.03. The number of carboxylic acid groups (broad SMARTS) is 1. The maximum atomic E-state index is 11.1. The van der Waals surface area contributed by atoms with Crippen LogP contribution in [-0.4, -0.2) is 22.5 Å². The van der Waals surface area contributed by atoms with Gasteiger partial charge < -0.3 is 10.4 Å². The lowest BCUT2D eigenvalue weighted by Gasteiger charge is -2.21. The SMILES string of the molecule is O=C(O)c1cccc(NCCC2CCCCC2)c1[N+](=O)[O-]. The second-order valence-corrected chi connectivity index (χ2v) is 5.48. The second-order valence-electron chi connectivity index (χ2n) is 5.48. The molecule has 0 bridgehead atoms. The molecule has 6 heteroatoms. The Kier molecular flexibility index (Phi) is 5.14. The Labute approximate surface area is 123 Å². The van der Waals surface area contributed by atoms with Gasteiger partial charge in [-0.25, -0.2) is 4.79 Å². The first-order chi connectivity index (χ1) is 10.1. The van der Waals surface area contributed by atoms with Crippen molar-refractivity contribution in [3.8, 4) is 0 Å². The Bertz CT molecular complexity index is 524. The number of aromatic carboxylic acids is 1. The zero-order valence-corrected chi connectivity index (χ0v) is 11.9. The molecular formula is C15H20N2O4. The van der Waals surface area contributed by atoms with Gasteiger partial charge in [0.25, 0.3) is 0 Å². The largest absolute Gasteiger partial charge is 0.477 e. The van der Waals surface area contributed by atoms with Crippen LogP contribution < -0.4 is 5.32 Å². The van der Waals surface area contributed by atoms with Gasteiger partial charge in [-0.3, -0.25) is 10.1 Å². The van der Waals surface area contributed by atoms with E-state index in [1.807, 2.05) is 0 Å². The quantitative estimate of drug-likeness (QED) is 0.616. The molecule has 0 aromatic heterocycles. The normalized spacial score (nSPS) is 15.6. The maximum Gasteiger partial charge on any atom is 0.342 e. The lowest BCUT2D eigenvalue weighted by molar-refractivity contribution is -0.384. The highest BCUT2D eigenvalue weighted by molar-refractivity contribution is 5.95. The van der Waals surface area contributed by atoms with Crippen LogP contribution in [0.4, 0.5) is 11.4 Å². The molecule has 0 heterocycles. The number of nitro benzene ring substituents is 1. The topological polar surface area (TPSA) is 92.5 Å². The minimum atomic E-state index is -1.28. The maximum absolute atomic E-state index is 11.1. The van der Waals surface area contributed by atoms with Gasteiger partial charge in [-0.05, 0) is 24.5 Å². The molecule has 0 atom stereocenters. The van der Waals surface area contributed by atoms with E-state index in [1.54, 1.807) is 6.07 Å². The first-order valence-corrected chi connectivity index (χ1v) is 7.34. The van der Waals surface area contributed by atoms with Gasteiger partial charge in [-0.15, -0.1) is 0 Å². The molecule has 0 aliphatic heterocycles. The van der Waals surface area contributed by atoms with E-state index in [0.717, 1.165) is 6.42 Å². The van der Waals surface area contributed by atoms with Crippen molar-refractivity contribution in [1.82, 2.24) is 0 Å². The highest BCUT2D eigenvalue weighted by Crippen LogP contribution is 2.30. The number of para-hydroxylation sites is 1. The fraction of sp³-hybridized carbons (Fsp3) is 0.533. The molecule has 1 aromatic carbocycles. The van der Waals surface area contributed by atoms with Crippen molar-refractivity contribution in [2.75, 3.05) is 11.9 Å². The molecule has 1 aromatic rings. The van der Waals surface area contributed by atoms with E-state index >= 15 is 0 Å². The standard InChI is InChI=1S/C15H20N2O4/c18-15(19)12-7-4-8-13(14(12)17(20)21)16-10-9-11-5-2-1-3-6-11/h4,7-8,11,16H,1-3,5-6,9-10H2,(H,18,19). The Morgan fingerprint density at radius 3 is 2.67 bits per heavy atom. The first kappa shape index (κ1) is 15.3. The summed E-state index contributed by atoms with van der Waals surface area (Å²) in [5, 5.41) is 23.2. The monoisotopic (exact) mass is 292 g/mol. The van der Waals surface area contributed by atoms with E-state index < -0.39 is 10.9 Å². The molecule has 21 heavy (non-hydrogen) atoms. The van der Waals surface area contributed by atoms with Crippen LogP contribution in [0.2, 0.25) is 0 Å². The fourth-order valence-corrected chi connectivity index (χ4v) is 2.94. The van der Waals surface area contributed by atoms with Gasteiger partial charge in [0.2, 0.25) is 0 Å². The van der Waals surface area contributed by atoms with Gasteiger partial charge in [0, 0.05) is 6.54 Å². The average molecular weight is 292 g/mol. The summed E-state index contributed by atoms with van der Waals surface area (Å²) in [5.41, 5.74) is -0.341. The number of rotatable bonds is 6. The summed E-state index contributed by atoms with van der Waals surface area (Å²) in [4.78, 5) is 21.5. The van der Waals surface area contributed by atoms with Crippen molar-refractivity contribution in [1.29, 1.82) is 0 Å². The van der Waals surface area contributed by atoms with E-state index in [1.165, 1.54) is 44.2 Å². The van der Waals surface area contributed by atoms with Crippen molar-refractivity contribution in [3.63, 3.8) is 0 Å². The summed E-state index contributed by atoms with van der Waals surface area (Å²) in [6, 6.07) is 4.34. The van der Waals surface area contributed by atoms with Gasteiger partial charge in [0.05, 0.1) is 4.92 Å². The third-order valence-corrected chi connectivity index (χ3v) is 4.04. The summed E-state index contributed by atoms with van der Waals surface area (Å²) >= 11 is 0. The molecule has 114 valence electrons. The average Bonchev–Trinajstić information content (AvgIpc) is 2.47. The predicted octanol–water partition coefficient (Wildman–Crippen LogP) is 3.68. The van der Waals surface area contributed by atoms with Crippen LogP contribution in [0.3, 0.4) is 0 Å². The number of carboxylic acids is 1. The molecule has 0 amide bonds. The van der Waals surface area contributed by atoms with Crippen LogP contribution in [0.1, 0.15) is 48.9 Å². The molecular weight excluding hydrogens is 272 g/mol. The smallest absolute Gasteiger partial charge is 0.342 e. The fourth-order valence-electron chi connectivity index (χ4n) is 2.94. The molecule has 0 spiro atoms. The Morgan fingerprint density at radius 1 is 1.33 bits per heavy atom. The molecule has 0 unspecified atom stereocenters. The van der Waals surface area contributed by atoms with Crippen molar-refractivity contribution >= 4 is 17.3 Å². The van der Waals surface area contributed by atoms with E-state index in [4.69, 9.17) is 5.11 Å². The van der Waals surface area contributed by atoms with Crippen LogP contribution in [0.5, 0.6) is 0 Å². The Morgan fingerprint density at radius 2 is 2.05 bits per heavy atom. The molecule has 1 fully saturated rings. The summed E-state index contributed by atoms with van der Waals surface area (Å²) < 4.78 is 0. The molecule has 2 N–H and O–H groups in total. The highest BCUT2D eigenvalue weighted by Gasteiger charge is 2.24. The number of hydrogen-bond donors (Lipinski definition) is 2. The van der Waals surface area contributed by atoms with Crippen molar-refractivity contribution < 1.29 is 14.8 Å². The Hall–Kier alpha value is -2.11. The molecule has 0 saturated heterocycles. The number of carbonyl (C=O) groups is 1. The van der Waals surface area contributed by atoms with Crippen LogP contribution in [0.15, 0.2) is 18.2 Å². The minimum absolute atomic E-state index is 0.275. The van der Waals surface area contributed by atoms with Crippen molar-refractivity contribution in [2.24, 2.45) is 5.92 Å². The molecule has 1 aliphatic rings. The number of hydrogen-bond acceptors (Lipinski definition) is 4. The molecule has 1 aliphatic carbocycles. The third kappa shape index (κ3) is 3.93. The molecule has 0 radical (unpaired) electrons. The summed E-state index contributed by atoms with van der Waals surface area (Å²) in [6.07, 6.45) is 7.24. The number of anilines is 1. The van der Waals surface area contributed by atoms with E-state index in [9.17, 15) is 14.9 Å². The molecule has 2 rings (SSSR count). The van der Waals surface area contributed by atoms with Gasteiger partial charge in [0.15, 0.2) is 0 Å². The van der Waals surface area contributed by atoms with E-state index in [2.05, 4.69) is 5.32 Å². The second kappa shape index (κ2) is 7.06. The van der Waals surface area contributed by atoms with Crippen molar-refractivity contribution in [2.45, 2.75) is 38.5 Å². The van der Waals surface area contributed by atoms with Crippen LogP contribution >= 0.6 is 0 Å². The highest BCUT2D eigenvalue weighted by atomic mass is 16.6. The summed E-state index contributed by atoms with van der Waals surface area (Å²) in [6.45, 7) is 0.634. The van der Waals surface area contributed by atoms with Crippen molar-refractivity contribution in [3.05, 3.63) is 33.9 Å². The van der Waals surface area contributed by atoms with Gasteiger partial charge >= 0.3 is 11.7 Å². The van der Waals surface area contributed by atoms with Crippen LogP contribution in [0, 0.1) is 16.0 Å².